The van der Waals surface area contributed by atoms with Crippen molar-refractivity contribution in [2.24, 2.45) is 4.99 Å². The van der Waals surface area contributed by atoms with Crippen molar-refractivity contribution in [3.63, 3.8) is 0 Å². The number of halogens is 1. The molecule has 0 bridgehead atoms. The minimum absolute atomic E-state index is 0.289. The molecule has 0 aromatic heterocycles. The van der Waals surface area contributed by atoms with Gasteiger partial charge in [0.2, 0.25) is 5.75 Å². The molecule has 0 fully saturated rings. The number of hydrogen-bond donors (Lipinski definition) is 1. The topological polar surface area (TPSA) is 75.7 Å². The van der Waals surface area contributed by atoms with Crippen LogP contribution in [0.15, 0.2) is 39.8 Å². The second-order valence-electron chi connectivity index (χ2n) is 4.60. The molecule has 0 aliphatic rings. The summed E-state index contributed by atoms with van der Waals surface area (Å²) >= 11 is 3.19. The number of nitro benzene ring substituents is 1. The van der Waals surface area contributed by atoms with Crippen LogP contribution >= 0.6 is 15.9 Å². The second kappa shape index (κ2) is 6.05. The summed E-state index contributed by atoms with van der Waals surface area (Å²) in [5.74, 6) is -0.391. The predicted octanol–water partition coefficient (Wildman–Crippen LogP) is 4.43. The average Bonchev–Trinajstić information content (AvgIpc) is 2.43. The number of aliphatic imine (C=N–C) groups is 1. The molecule has 0 atom stereocenters. The molecule has 108 valence electrons. The zero-order valence-electron chi connectivity index (χ0n) is 11.5. The van der Waals surface area contributed by atoms with Gasteiger partial charge in [0.1, 0.15) is 0 Å². The molecule has 0 unspecified atom stereocenters. The summed E-state index contributed by atoms with van der Waals surface area (Å²) in [4.78, 5) is 14.6. The van der Waals surface area contributed by atoms with Crippen LogP contribution in [0.25, 0.3) is 0 Å². The summed E-state index contributed by atoms with van der Waals surface area (Å²) in [7, 11) is 0. The van der Waals surface area contributed by atoms with Crippen molar-refractivity contribution in [2.75, 3.05) is 0 Å². The first kappa shape index (κ1) is 15.2. The van der Waals surface area contributed by atoms with Gasteiger partial charge in [-0.25, -0.2) is 0 Å². The first-order chi connectivity index (χ1) is 9.90. The molecule has 2 aromatic carbocycles. The number of nitrogens with zero attached hydrogens (tertiary/aromatic N) is 2. The Hall–Kier alpha value is -2.21. The van der Waals surface area contributed by atoms with E-state index in [1.807, 2.05) is 32.0 Å². The van der Waals surface area contributed by atoms with Crippen molar-refractivity contribution in [3.8, 4) is 5.75 Å². The third-order valence-corrected chi connectivity index (χ3v) is 3.66. The number of aryl methyl sites for hydroxylation is 1. The third kappa shape index (κ3) is 3.28. The number of rotatable bonds is 3. The van der Waals surface area contributed by atoms with Crippen LogP contribution in [-0.4, -0.2) is 16.2 Å². The van der Waals surface area contributed by atoms with E-state index in [1.165, 1.54) is 12.3 Å². The standard InChI is InChI=1S/C15H13BrN2O3/c1-9-4-3-5-13(10(9)2)17-8-11-6-12(16)7-14(15(11)19)18(20)21/h3-8,19H,1-2H3. The van der Waals surface area contributed by atoms with E-state index in [9.17, 15) is 15.2 Å². The lowest BCUT2D eigenvalue weighted by molar-refractivity contribution is -0.385. The molecule has 0 spiro atoms. The van der Waals surface area contributed by atoms with Crippen molar-refractivity contribution in [2.45, 2.75) is 13.8 Å². The molecule has 5 nitrogen and oxygen atoms in total. The molecule has 0 heterocycles. The Kier molecular flexibility index (Phi) is 4.37. The Balaban J connectivity index is 2.46. The van der Waals surface area contributed by atoms with Crippen molar-refractivity contribution in [1.29, 1.82) is 0 Å². The van der Waals surface area contributed by atoms with E-state index < -0.39 is 10.7 Å². The molecular weight excluding hydrogens is 336 g/mol. The molecule has 0 amide bonds. The summed E-state index contributed by atoms with van der Waals surface area (Å²) in [6.07, 6.45) is 1.43. The van der Waals surface area contributed by atoms with Gasteiger partial charge < -0.3 is 5.11 Å². The monoisotopic (exact) mass is 348 g/mol. The van der Waals surface area contributed by atoms with E-state index in [1.54, 1.807) is 6.07 Å². The molecular formula is C15H13BrN2O3. The molecule has 0 aliphatic carbocycles. The van der Waals surface area contributed by atoms with Gasteiger partial charge >= 0.3 is 5.69 Å². The van der Waals surface area contributed by atoms with Gasteiger partial charge in [0.25, 0.3) is 0 Å². The highest BCUT2D eigenvalue weighted by molar-refractivity contribution is 9.10. The Labute approximate surface area is 130 Å². The maximum atomic E-state index is 10.9. The van der Waals surface area contributed by atoms with Crippen LogP contribution in [0, 0.1) is 24.0 Å². The molecule has 21 heavy (non-hydrogen) atoms. The van der Waals surface area contributed by atoms with E-state index >= 15 is 0 Å². The molecule has 0 saturated carbocycles. The van der Waals surface area contributed by atoms with Crippen molar-refractivity contribution >= 4 is 33.5 Å². The van der Waals surface area contributed by atoms with E-state index in [2.05, 4.69) is 20.9 Å². The van der Waals surface area contributed by atoms with Crippen LogP contribution in [-0.2, 0) is 0 Å². The molecule has 0 radical (unpaired) electrons. The van der Waals surface area contributed by atoms with Gasteiger partial charge in [0, 0.05) is 22.3 Å². The SMILES string of the molecule is Cc1cccc(N=Cc2cc(Br)cc([N+](=O)[O-])c2O)c1C. The van der Waals surface area contributed by atoms with Gasteiger partial charge in [-0.1, -0.05) is 28.1 Å². The second-order valence-corrected chi connectivity index (χ2v) is 5.51. The summed E-state index contributed by atoms with van der Waals surface area (Å²) in [6.45, 7) is 3.93. The largest absolute Gasteiger partial charge is 0.502 e. The lowest BCUT2D eigenvalue weighted by Gasteiger charge is -2.04. The normalized spacial score (nSPS) is 11.0. The van der Waals surface area contributed by atoms with Crippen LogP contribution in [0.3, 0.4) is 0 Å². The number of aromatic hydroxyl groups is 1. The summed E-state index contributed by atoms with van der Waals surface area (Å²) in [5.41, 5.74) is 2.83. The third-order valence-electron chi connectivity index (χ3n) is 3.20. The first-order valence-corrected chi connectivity index (χ1v) is 6.96. The number of benzene rings is 2. The lowest BCUT2D eigenvalue weighted by atomic mass is 10.1. The van der Waals surface area contributed by atoms with Gasteiger partial charge in [-0.05, 0) is 37.1 Å². The highest BCUT2D eigenvalue weighted by atomic mass is 79.9. The van der Waals surface area contributed by atoms with E-state index in [0.29, 0.717) is 4.47 Å². The number of nitro groups is 1. The summed E-state index contributed by atoms with van der Waals surface area (Å²) in [5, 5.41) is 20.8. The highest BCUT2D eigenvalue weighted by Gasteiger charge is 2.17. The Morgan fingerprint density at radius 1 is 1.33 bits per heavy atom. The lowest BCUT2D eigenvalue weighted by Crippen LogP contribution is -1.93. The fourth-order valence-corrected chi connectivity index (χ4v) is 2.32. The van der Waals surface area contributed by atoms with Gasteiger partial charge in [-0.2, -0.15) is 0 Å². The van der Waals surface area contributed by atoms with Crippen LogP contribution in [0.1, 0.15) is 16.7 Å². The Morgan fingerprint density at radius 3 is 2.71 bits per heavy atom. The van der Waals surface area contributed by atoms with Gasteiger partial charge in [0.15, 0.2) is 0 Å². The molecule has 6 heteroatoms. The average molecular weight is 349 g/mol. The fourth-order valence-electron chi connectivity index (χ4n) is 1.86. The predicted molar refractivity (Wildman–Crippen MR) is 85.6 cm³/mol. The smallest absolute Gasteiger partial charge is 0.312 e. The van der Waals surface area contributed by atoms with E-state index in [0.717, 1.165) is 16.8 Å². The summed E-state index contributed by atoms with van der Waals surface area (Å²) < 4.78 is 0.509. The van der Waals surface area contributed by atoms with Crippen LogP contribution < -0.4 is 0 Å². The van der Waals surface area contributed by atoms with Crippen molar-refractivity contribution < 1.29 is 10.0 Å². The quantitative estimate of drug-likeness (QED) is 0.506. The maximum Gasteiger partial charge on any atom is 0.312 e. The summed E-state index contributed by atoms with van der Waals surface area (Å²) in [6, 6.07) is 8.55. The number of phenolic OH excluding ortho intramolecular Hbond substituents is 1. The van der Waals surface area contributed by atoms with Crippen LogP contribution in [0.4, 0.5) is 11.4 Å². The number of phenols is 1. The molecule has 0 saturated heterocycles. The van der Waals surface area contributed by atoms with Gasteiger partial charge in [-0.3, -0.25) is 15.1 Å². The Bertz CT molecular complexity index is 742. The van der Waals surface area contributed by atoms with Crippen molar-refractivity contribution in [1.82, 2.24) is 0 Å². The Morgan fingerprint density at radius 2 is 2.05 bits per heavy atom. The van der Waals surface area contributed by atoms with Gasteiger partial charge in [-0.15, -0.1) is 0 Å². The minimum atomic E-state index is -0.630. The minimum Gasteiger partial charge on any atom is -0.502 e. The highest BCUT2D eigenvalue weighted by Crippen LogP contribution is 2.33. The number of hydrogen-bond acceptors (Lipinski definition) is 4. The molecule has 2 aromatic rings. The van der Waals surface area contributed by atoms with Gasteiger partial charge in [0.05, 0.1) is 10.6 Å². The zero-order chi connectivity index (χ0) is 15.6. The van der Waals surface area contributed by atoms with Crippen LogP contribution in [0.2, 0.25) is 0 Å². The first-order valence-electron chi connectivity index (χ1n) is 6.17. The van der Waals surface area contributed by atoms with Crippen LogP contribution in [0.5, 0.6) is 5.75 Å². The van der Waals surface area contributed by atoms with E-state index in [-0.39, 0.29) is 11.3 Å². The molecule has 0 aliphatic heterocycles. The zero-order valence-corrected chi connectivity index (χ0v) is 13.1. The maximum absolute atomic E-state index is 10.9. The molecule has 2 rings (SSSR count). The fraction of sp³-hybridized carbons (Fsp3) is 0.133. The van der Waals surface area contributed by atoms with E-state index in [4.69, 9.17) is 0 Å². The van der Waals surface area contributed by atoms with Crippen molar-refractivity contribution in [3.05, 3.63) is 61.6 Å². The molecule has 1 N–H and O–H groups in total.